The summed E-state index contributed by atoms with van der Waals surface area (Å²) < 4.78 is 0. The van der Waals surface area contributed by atoms with Crippen molar-refractivity contribution in [2.24, 2.45) is 11.3 Å². The number of aromatic nitrogens is 1. The molecule has 0 radical (unpaired) electrons. The Morgan fingerprint density at radius 1 is 1.63 bits per heavy atom. The molecule has 0 amide bonds. The zero-order valence-electron chi connectivity index (χ0n) is 11.0. The highest BCUT2D eigenvalue weighted by Gasteiger charge is 2.45. The Hall–Kier alpha value is -2.16. The Morgan fingerprint density at radius 2 is 2.32 bits per heavy atom. The predicted molar refractivity (Wildman–Crippen MR) is 70.6 cm³/mol. The van der Waals surface area contributed by atoms with Gasteiger partial charge in [-0.2, -0.15) is 5.26 Å². The van der Waals surface area contributed by atoms with E-state index < -0.39 is 4.92 Å². The number of pyridine rings is 1. The fourth-order valence-electron chi connectivity index (χ4n) is 2.16. The highest BCUT2D eigenvalue weighted by molar-refractivity contribution is 5.55. The molecule has 100 valence electrons. The van der Waals surface area contributed by atoms with E-state index in [9.17, 15) is 10.1 Å². The lowest BCUT2D eigenvalue weighted by Gasteiger charge is -2.20. The van der Waals surface area contributed by atoms with E-state index in [2.05, 4.69) is 24.1 Å². The van der Waals surface area contributed by atoms with Gasteiger partial charge in [-0.25, -0.2) is 4.98 Å². The standard InChI is InChI=1S/C13H16N4O2/c1-9(2)13(3-4-13)8-16-12-10(6-14)5-11(7-15-12)17(18)19/h5,7,9H,3-4,8H2,1-2H3,(H,15,16). The first kappa shape index (κ1) is 13.3. The summed E-state index contributed by atoms with van der Waals surface area (Å²) in [7, 11) is 0. The van der Waals surface area contributed by atoms with Crippen molar-refractivity contribution in [2.75, 3.05) is 11.9 Å². The Kier molecular flexibility index (Phi) is 3.38. The highest BCUT2D eigenvalue weighted by Crippen LogP contribution is 2.51. The molecule has 1 heterocycles. The average molecular weight is 260 g/mol. The van der Waals surface area contributed by atoms with E-state index in [1.54, 1.807) is 0 Å². The Bertz CT molecular complexity index is 544. The van der Waals surface area contributed by atoms with Crippen LogP contribution in [0, 0.1) is 32.8 Å². The van der Waals surface area contributed by atoms with Gasteiger partial charge in [-0.15, -0.1) is 0 Å². The number of nitrogens with zero attached hydrogens (tertiary/aromatic N) is 3. The number of nitro groups is 1. The number of rotatable bonds is 5. The first-order valence-electron chi connectivity index (χ1n) is 6.27. The summed E-state index contributed by atoms with van der Waals surface area (Å²) in [6.45, 7) is 5.12. The van der Waals surface area contributed by atoms with Crippen molar-refractivity contribution in [3.63, 3.8) is 0 Å². The second kappa shape index (κ2) is 4.84. The molecule has 0 spiro atoms. The van der Waals surface area contributed by atoms with Crippen LogP contribution in [0.3, 0.4) is 0 Å². The van der Waals surface area contributed by atoms with Crippen LogP contribution >= 0.6 is 0 Å². The minimum absolute atomic E-state index is 0.160. The number of hydrogen-bond donors (Lipinski definition) is 1. The summed E-state index contributed by atoms with van der Waals surface area (Å²) in [5.74, 6) is 1.00. The van der Waals surface area contributed by atoms with Gasteiger partial charge in [-0.05, 0) is 24.2 Å². The van der Waals surface area contributed by atoms with Crippen molar-refractivity contribution in [1.29, 1.82) is 5.26 Å². The van der Waals surface area contributed by atoms with Gasteiger partial charge in [-0.3, -0.25) is 10.1 Å². The van der Waals surface area contributed by atoms with E-state index in [-0.39, 0.29) is 16.7 Å². The van der Waals surface area contributed by atoms with Crippen molar-refractivity contribution >= 4 is 11.5 Å². The van der Waals surface area contributed by atoms with E-state index in [1.807, 2.05) is 6.07 Å². The Morgan fingerprint density at radius 3 is 2.79 bits per heavy atom. The lowest BCUT2D eigenvalue weighted by atomic mass is 9.92. The maximum absolute atomic E-state index is 10.6. The molecule has 1 aliphatic carbocycles. The zero-order chi connectivity index (χ0) is 14.0. The molecule has 1 saturated carbocycles. The van der Waals surface area contributed by atoms with Crippen molar-refractivity contribution in [2.45, 2.75) is 26.7 Å². The highest BCUT2D eigenvalue weighted by atomic mass is 16.6. The molecule has 0 bridgehead atoms. The van der Waals surface area contributed by atoms with E-state index in [0.29, 0.717) is 11.7 Å². The number of hydrogen-bond acceptors (Lipinski definition) is 5. The largest absolute Gasteiger partial charge is 0.368 e. The first-order valence-corrected chi connectivity index (χ1v) is 6.27. The predicted octanol–water partition coefficient (Wildman–Crippen LogP) is 2.71. The van der Waals surface area contributed by atoms with Crippen LogP contribution < -0.4 is 5.32 Å². The summed E-state index contributed by atoms with van der Waals surface area (Å²) in [5.41, 5.74) is 0.344. The third kappa shape index (κ3) is 2.65. The molecule has 0 aromatic carbocycles. The molecule has 1 aliphatic rings. The van der Waals surface area contributed by atoms with Crippen molar-refractivity contribution in [1.82, 2.24) is 4.98 Å². The molecule has 1 N–H and O–H groups in total. The molecule has 19 heavy (non-hydrogen) atoms. The molecule has 1 aromatic rings. The monoisotopic (exact) mass is 260 g/mol. The summed E-state index contributed by atoms with van der Waals surface area (Å²) in [4.78, 5) is 14.1. The average Bonchev–Trinajstić information content (AvgIpc) is 3.17. The van der Waals surface area contributed by atoms with Crippen molar-refractivity contribution < 1.29 is 4.92 Å². The maximum Gasteiger partial charge on any atom is 0.289 e. The van der Waals surface area contributed by atoms with E-state index in [4.69, 9.17) is 5.26 Å². The number of anilines is 1. The zero-order valence-corrected chi connectivity index (χ0v) is 11.0. The topological polar surface area (TPSA) is 91.8 Å². The second-order valence-corrected chi connectivity index (χ2v) is 5.33. The van der Waals surface area contributed by atoms with Gasteiger partial charge < -0.3 is 5.32 Å². The van der Waals surface area contributed by atoms with Gasteiger partial charge in [0.1, 0.15) is 23.6 Å². The van der Waals surface area contributed by atoms with E-state index in [1.165, 1.54) is 25.1 Å². The van der Waals surface area contributed by atoms with E-state index >= 15 is 0 Å². The maximum atomic E-state index is 10.6. The van der Waals surface area contributed by atoms with Crippen molar-refractivity contribution in [3.05, 3.63) is 27.9 Å². The third-order valence-electron chi connectivity index (χ3n) is 3.93. The number of nitriles is 1. The minimum Gasteiger partial charge on any atom is -0.368 e. The van der Waals surface area contributed by atoms with Crippen LogP contribution in [0.1, 0.15) is 32.3 Å². The second-order valence-electron chi connectivity index (χ2n) is 5.33. The van der Waals surface area contributed by atoms with Gasteiger partial charge in [0.05, 0.1) is 4.92 Å². The fraction of sp³-hybridized carbons (Fsp3) is 0.538. The first-order chi connectivity index (χ1) is 8.98. The van der Waals surface area contributed by atoms with Crippen LogP contribution in [0.25, 0.3) is 0 Å². The Balaban J connectivity index is 2.13. The third-order valence-corrected chi connectivity index (χ3v) is 3.93. The summed E-state index contributed by atoms with van der Waals surface area (Å²) >= 11 is 0. The molecule has 1 aromatic heterocycles. The summed E-state index contributed by atoms with van der Waals surface area (Å²) in [6.07, 6.45) is 3.52. The van der Waals surface area contributed by atoms with Crippen LogP contribution in [0.5, 0.6) is 0 Å². The van der Waals surface area contributed by atoms with Crippen LogP contribution in [0.4, 0.5) is 11.5 Å². The van der Waals surface area contributed by atoms with Crippen LogP contribution in [0.15, 0.2) is 12.3 Å². The van der Waals surface area contributed by atoms with Crippen LogP contribution in [-0.4, -0.2) is 16.5 Å². The van der Waals surface area contributed by atoms with Gasteiger partial charge in [0.2, 0.25) is 0 Å². The molecule has 0 atom stereocenters. The van der Waals surface area contributed by atoms with Crippen molar-refractivity contribution in [3.8, 4) is 6.07 Å². The molecular weight excluding hydrogens is 244 g/mol. The van der Waals surface area contributed by atoms with Crippen LogP contribution in [0.2, 0.25) is 0 Å². The molecule has 6 nitrogen and oxygen atoms in total. The lowest BCUT2D eigenvalue weighted by Crippen LogP contribution is -2.21. The van der Waals surface area contributed by atoms with Gasteiger partial charge in [0.15, 0.2) is 0 Å². The van der Waals surface area contributed by atoms with Gasteiger partial charge >= 0.3 is 0 Å². The summed E-state index contributed by atoms with van der Waals surface area (Å²) in [6, 6.07) is 3.20. The van der Waals surface area contributed by atoms with E-state index in [0.717, 1.165) is 6.54 Å². The molecule has 2 rings (SSSR count). The molecule has 0 unspecified atom stereocenters. The molecule has 6 heteroatoms. The SMILES string of the molecule is CC(C)C1(CNc2ncc([N+](=O)[O-])cc2C#N)CC1. The molecule has 0 saturated heterocycles. The molecular formula is C13H16N4O2. The number of nitrogens with one attached hydrogen (secondary N) is 1. The van der Waals surface area contributed by atoms with Gasteiger partial charge in [-0.1, -0.05) is 13.8 Å². The fourth-order valence-corrected chi connectivity index (χ4v) is 2.16. The molecule has 1 fully saturated rings. The van der Waals surface area contributed by atoms with Gasteiger partial charge in [0, 0.05) is 12.6 Å². The molecule has 0 aliphatic heterocycles. The lowest BCUT2D eigenvalue weighted by molar-refractivity contribution is -0.385. The summed E-state index contributed by atoms with van der Waals surface area (Å²) in [5, 5.41) is 22.8. The smallest absolute Gasteiger partial charge is 0.289 e. The van der Waals surface area contributed by atoms with Crippen LogP contribution in [-0.2, 0) is 0 Å². The minimum atomic E-state index is -0.548. The quantitative estimate of drug-likeness (QED) is 0.649. The Labute approximate surface area is 111 Å². The van der Waals surface area contributed by atoms with Gasteiger partial charge in [0.25, 0.3) is 5.69 Å². The normalized spacial score (nSPS) is 15.9.